The lowest BCUT2D eigenvalue weighted by atomic mass is 9.62. The SMILES string of the molecule is CC1(C)[C@H]2CC[C@]1(C)C(=O)N(c1ccc(S(=O)(=O)Nc3cccc(Cl)c3)cc1)C2=O. The predicted octanol–water partition coefficient (Wildman–Crippen LogP) is 4.46. The molecule has 4 rings (SSSR count). The van der Waals surface area contributed by atoms with Crippen LogP contribution in [0, 0.1) is 16.7 Å². The smallest absolute Gasteiger partial charge is 0.261 e. The molecule has 8 heteroatoms. The molecule has 1 saturated heterocycles. The van der Waals surface area contributed by atoms with E-state index in [4.69, 9.17) is 11.6 Å². The summed E-state index contributed by atoms with van der Waals surface area (Å²) in [5.74, 6) is -0.667. The largest absolute Gasteiger partial charge is 0.280 e. The van der Waals surface area contributed by atoms with Gasteiger partial charge in [-0.1, -0.05) is 38.4 Å². The van der Waals surface area contributed by atoms with Crippen molar-refractivity contribution in [2.75, 3.05) is 9.62 Å². The molecule has 0 unspecified atom stereocenters. The molecule has 6 nitrogen and oxygen atoms in total. The van der Waals surface area contributed by atoms with Crippen LogP contribution in [0.1, 0.15) is 33.6 Å². The van der Waals surface area contributed by atoms with Crippen LogP contribution in [0.4, 0.5) is 11.4 Å². The maximum Gasteiger partial charge on any atom is 0.261 e. The molecule has 158 valence electrons. The first kappa shape index (κ1) is 20.9. The summed E-state index contributed by atoms with van der Waals surface area (Å²) in [6.07, 6.45) is 1.35. The number of imide groups is 1. The molecule has 2 atom stereocenters. The normalized spacial score (nSPS) is 25.5. The first-order chi connectivity index (χ1) is 14.0. The minimum atomic E-state index is -3.84. The summed E-state index contributed by atoms with van der Waals surface area (Å²) in [7, 11) is -3.84. The number of carbonyl (C=O) groups is 2. The summed E-state index contributed by atoms with van der Waals surface area (Å²) in [6, 6.07) is 12.2. The number of amides is 2. The first-order valence-corrected chi connectivity index (χ1v) is 11.6. The highest BCUT2D eigenvalue weighted by atomic mass is 35.5. The lowest BCUT2D eigenvalue weighted by Crippen LogP contribution is -2.59. The zero-order valence-electron chi connectivity index (χ0n) is 17.0. The van der Waals surface area contributed by atoms with E-state index in [1.54, 1.807) is 18.2 Å². The summed E-state index contributed by atoms with van der Waals surface area (Å²) < 4.78 is 27.8. The lowest BCUT2D eigenvalue weighted by Gasteiger charge is -2.47. The van der Waals surface area contributed by atoms with Gasteiger partial charge in [0.25, 0.3) is 10.0 Å². The Kier molecular flexibility index (Phi) is 4.74. The quantitative estimate of drug-likeness (QED) is 0.703. The van der Waals surface area contributed by atoms with Crippen molar-refractivity contribution in [2.45, 2.75) is 38.5 Å². The van der Waals surface area contributed by atoms with E-state index in [1.807, 2.05) is 20.8 Å². The highest BCUT2D eigenvalue weighted by Gasteiger charge is 2.64. The molecule has 2 bridgehead atoms. The second-order valence-corrected chi connectivity index (χ2v) is 10.9. The number of sulfonamides is 1. The third-order valence-electron chi connectivity index (χ3n) is 6.90. The van der Waals surface area contributed by atoms with Gasteiger partial charge in [-0.3, -0.25) is 14.3 Å². The van der Waals surface area contributed by atoms with Crippen molar-refractivity contribution < 1.29 is 18.0 Å². The molecule has 0 radical (unpaired) electrons. The Bertz CT molecular complexity index is 1140. The van der Waals surface area contributed by atoms with Crippen LogP contribution in [0.15, 0.2) is 53.4 Å². The summed E-state index contributed by atoms with van der Waals surface area (Å²) >= 11 is 5.91. The number of nitrogens with zero attached hydrogens (tertiary/aromatic N) is 1. The van der Waals surface area contributed by atoms with Crippen LogP contribution in [0.3, 0.4) is 0 Å². The monoisotopic (exact) mass is 446 g/mol. The van der Waals surface area contributed by atoms with Crippen molar-refractivity contribution in [1.29, 1.82) is 0 Å². The van der Waals surface area contributed by atoms with Crippen molar-refractivity contribution >= 4 is 44.8 Å². The van der Waals surface area contributed by atoms with Gasteiger partial charge >= 0.3 is 0 Å². The molecular weight excluding hydrogens is 424 g/mol. The Morgan fingerprint density at radius 1 is 1.07 bits per heavy atom. The number of fused-ring (bicyclic) bond motifs is 2. The second-order valence-electron chi connectivity index (χ2n) is 8.73. The molecule has 2 aliphatic rings. The van der Waals surface area contributed by atoms with Crippen LogP contribution in [0.25, 0.3) is 0 Å². The molecule has 1 heterocycles. The van der Waals surface area contributed by atoms with E-state index in [0.717, 1.165) is 0 Å². The Balaban J connectivity index is 1.63. The van der Waals surface area contributed by atoms with Crippen LogP contribution in [-0.4, -0.2) is 20.2 Å². The molecule has 1 N–H and O–H groups in total. The standard InChI is InChI=1S/C22H23ClN2O4S/c1-21(2)18-11-12-22(21,3)20(27)25(19(18)26)16-7-9-17(10-8-16)30(28,29)24-15-6-4-5-14(23)13-15/h4-10,13,18,24H,11-12H2,1-3H3/t18-,22+/m0/s1. The Morgan fingerprint density at radius 2 is 1.73 bits per heavy atom. The number of nitrogens with one attached hydrogen (secondary N) is 1. The molecule has 2 fully saturated rings. The predicted molar refractivity (Wildman–Crippen MR) is 116 cm³/mol. The van der Waals surface area contributed by atoms with Gasteiger partial charge in [-0.15, -0.1) is 0 Å². The Labute approximate surface area is 181 Å². The third kappa shape index (κ3) is 3.03. The van der Waals surface area contributed by atoms with Crippen molar-refractivity contribution in [3.8, 4) is 0 Å². The lowest BCUT2D eigenvalue weighted by molar-refractivity contribution is -0.146. The van der Waals surface area contributed by atoms with Crippen molar-refractivity contribution in [3.63, 3.8) is 0 Å². The summed E-state index contributed by atoms with van der Waals surface area (Å²) in [6.45, 7) is 5.88. The Morgan fingerprint density at radius 3 is 2.37 bits per heavy atom. The Hall–Kier alpha value is -2.38. The van der Waals surface area contributed by atoms with E-state index < -0.39 is 20.9 Å². The van der Waals surface area contributed by atoms with E-state index in [-0.39, 0.29) is 22.6 Å². The average molecular weight is 447 g/mol. The highest BCUT2D eigenvalue weighted by molar-refractivity contribution is 7.92. The number of anilines is 2. The van der Waals surface area contributed by atoms with E-state index in [0.29, 0.717) is 29.2 Å². The zero-order valence-corrected chi connectivity index (χ0v) is 18.5. The van der Waals surface area contributed by atoms with E-state index in [1.165, 1.54) is 35.2 Å². The minimum absolute atomic E-state index is 0.0256. The van der Waals surface area contributed by atoms with Gasteiger partial charge in [-0.2, -0.15) is 0 Å². The van der Waals surface area contributed by atoms with Crippen LogP contribution in [0.5, 0.6) is 0 Å². The van der Waals surface area contributed by atoms with Crippen molar-refractivity contribution in [2.24, 2.45) is 16.7 Å². The third-order valence-corrected chi connectivity index (χ3v) is 8.53. The summed E-state index contributed by atoms with van der Waals surface area (Å²) in [5, 5.41) is 0.415. The number of carbonyl (C=O) groups excluding carboxylic acids is 2. The number of halogens is 1. The number of hydrogen-bond donors (Lipinski definition) is 1. The molecule has 1 aliphatic carbocycles. The van der Waals surface area contributed by atoms with Crippen LogP contribution < -0.4 is 9.62 Å². The maximum absolute atomic E-state index is 13.2. The highest BCUT2D eigenvalue weighted by Crippen LogP contribution is 2.60. The van der Waals surface area contributed by atoms with Gasteiger partial charge in [0.1, 0.15) is 0 Å². The summed E-state index contributed by atoms with van der Waals surface area (Å²) in [5.41, 5.74) is -0.285. The van der Waals surface area contributed by atoms with Gasteiger partial charge in [0.05, 0.1) is 21.7 Å². The number of piperidine rings is 1. The van der Waals surface area contributed by atoms with Crippen molar-refractivity contribution in [1.82, 2.24) is 0 Å². The van der Waals surface area contributed by atoms with Gasteiger partial charge in [0, 0.05) is 10.9 Å². The average Bonchev–Trinajstić information content (AvgIpc) is 2.85. The van der Waals surface area contributed by atoms with Gasteiger partial charge in [0.15, 0.2) is 0 Å². The van der Waals surface area contributed by atoms with E-state index in [9.17, 15) is 18.0 Å². The molecule has 1 saturated carbocycles. The number of benzene rings is 2. The van der Waals surface area contributed by atoms with Crippen LogP contribution >= 0.6 is 11.6 Å². The number of hydrogen-bond acceptors (Lipinski definition) is 4. The second kappa shape index (κ2) is 6.82. The molecule has 2 aromatic carbocycles. The molecule has 0 spiro atoms. The van der Waals surface area contributed by atoms with E-state index >= 15 is 0 Å². The van der Waals surface area contributed by atoms with E-state index in [2.05, 4.69) is 4.72 Å². The van der Waals surface area contributed by atoms with Crippen molar-refractivity contribution in [3.05, 3.63) is 53.6 Å². The fourth-order valence-electron chi connectivity index (χ4n) is 4.60. The fourth-order valence-corrected chi connectivity index (χ4v) is 5.84. The molecule has 30 heavy (non-hydrogen) atoms. The van der Waals surface area contributed by atoms with Gasteiger partial charge in [-0.25, -0.2) is 13.3 Å². The van der Waals surface area contributed by atoms with Gasteiger partial charge in [-0.05, 0) is 60.7 Å². The fraction of sp³-hybridized carbons (Fsp3) is 0.364. The van der Waals surface area contributed by atoms with Gasteiger partial charge in [0.2, 0.25) is 11.8 Å². The molecule has 2 amide bonds. The maximum atomic E-state index is 13.2. The molecular formula is C22H23ClN2O4S. The topological polar surface area (TPSA) is 83.6 Å². The molecule has 2 aromatic rings. The van der Waals surface area contributed by atoms with Crippen LogP contribution in [-0.2, 0) is 19.6 Å². The zero-order chi connectivity index (χ0) is 21.9. The first-order valence-electron chi connectivity index (χ1n) is 9.74. The minimum Gasteiger partial charge on any atom is -0.280 e. The summed E-state index contributed by atoms with van der Waals surface area (Å²) in [4.78, 5) is 27.6. The number of rotatable bonds is 4. The molecule has 1 aliphatic heterocycles. The van der Waals surface area contributed by atoms with Crippen LogP contribution in [0.2, 0.25) is 5.02 Å². The molecule has 0 aromatic heterocycles. The van der Waals surface area contributed by atoms with Gasteiger partial charge < -0.3 is 0 Å².